The van der Waals surface area contributed by atoms with E-state index in [9.17, 15) is 9.59 Å². The maximum absolute atomic E-state index is 12.1. The van der Waals surface area contributed by atoms with Crippen molar-refractivity contribution in [2.45, 2.75) is 20.4 Å². The van der Waals surface area contributed by atoms with E-state index < -0.39 is 6.09 Å². The van der Waals surface area contributed by atoms with E-state index in [-0.39, 0.29) is 24.9 Å². The lowest BCUT2D eigenvalue weighted by molar-refractivity contribution is -0.116. The molecule has 9 heteroatoms. The number of benzene rings is 1. The summed E-state index contributed by atoms with van der Waals surface area (Å²) in [6.45, 7) is 4.26. The first-order chi connectivity index (χ1) is 11.6. The normalized spacial score (nSPS) is 10.1. The molecule has 1 aromatic carbocycles. The molecule has 1 heterocycles. The van der Waals surface area contributed by atoms with Crippen LogP contribution in [0.2, 0.25) is 0 Å². The molecule has 0 spiro atoms. The van der Waals surface area contributed by atoms with Gasteiger partial charge in [0.15, 0.2) is 5.82 Å². The van der Waals surface area contributed by atoms with E-state index in [4.69, 9.17) is 9.47 Å². The highest BCUT2D eigenvalue weighted by molar-refractivity contribution is 5.92. The molecule has 0 saturated heterocycles. The van der Waals surface area contributed by atoms with Crippen LogP contribution in [0.3, 0.4) is 0 Å². The lowest BCUT2D eigenvalue weighted by Gasteiger charge is -2.10. The standard InChI is InChI=1S/C15H19N5O4/c1-3-23-12-8-6-5-7-11(12)16-14(21)10-20-9-13(18-19-20)17-15(22)24-4-2/h5-9H,3-4,10H2,1-2H3,(H,16,21)(H,17,22). The molecular weight excluding hydrogens is 314 g/mol. The van der Waals surface area contributed by atoms with Gasteiger partial charge in [-0.1, -0.05) is 17.3 Å². The average molecular weight is 333 g/mol. The summed E-state index contributed by atoms with van der Waals surface area (Å²) in [6.07, 6.45) is 0.810. The summed E-state index contributed by atoms with van der Waals surface area (Å²) in [6, 6.07) is 7.15. The van der Waals surface area contributed by atoms with E-state index in [2.05, 4.69) is 20.9 Å². The van der Waals surface area contributed by atoms with Crippen LogP contribution >= 0.6 is 0 Å². The van der Waals surface area contributed by atoms with Gasteiger partial charge in [0, 0.05) is 0 Å². The monoisotopic (exact) mass is 333 g/mol. The van der Waals surface area contributed by atoms with Gasteiger partial charge in [0.25, 0.3) is 0 Å². The Labute approximate surface area is 138 Å². The van der Waals surface area contributed by atoms with Crippen molar-refractivity contribution in [3.63, 3.8) is 0 Å². The molecule has 0 unspecified atom stereocenters. The molecule has 0 saturated carbocycles. The van der Waals surface area contributed by atoms with E-state index in [1.807, 2.05) is 13.0 Å². The second-order valence-corrected chi connectivity index (χ2v) is 4.62. The number of aromatic nitrogens is 3. The number of anilines is 2. The molecule has 0 radical (unpaired) electrons. The molecule has 0 aliphatic heterocycles. The Kier molecular flexibility index (Phi) is 6.12. The minimum absolute atomic E-state index is 0.0576. The van der Waals surface area contributed by atoms with E-state index in [1.54, 1.807) is 25.1 Å². The van der Waals surface area contributed by atoms with Crippen molar-refractivity contribution in [2.75, 3.05) is 23.8 Å². The van der Waals surface area contributed by atoms with Crippen LogP contribution in [0.4, 0.5) is 16.3 Å². The first kappa shape index (κ1) is 17.3. The Balaban J connectivity index is 1.93. The van der Waals surface area contributed by atoms with Gasteiger partial charge in [-0.05, 0) is 26.0 Å². The van der Waals surface area contributed by atoms with Crippen LogP contribution in [0.1, 0.15) is 13.8 Å². The minimum atomic E-state index is -0.625. The lowest BCUT2D eigenvalue weighted by atomic mass is 10.3. The van der Waals surface area contributed by atoms with Crippen LogP contribution in [-0.2, 0) is 16.1 Å². The molecule has 0 atom stereocenters. The molecule has 2 aromatic rings. The SMILES string of the molecule is CCOC(=O)Nc1cn(CC(=O)Nc2ccccc2OCC)nn1. The van der Waals surface area contributed by atoms with Gasteiger partial charge < -0.3 is 14.8 Å². The number of carbonyl (C=O) groups excluding carboxylic acids is 2. The first-order valence-corrected chi connectivity index (χ1v) is 7.48. The Bertz CT molecular complexity index is 701. The summed E-state index contributed by atoms with van der Waals surface area (Å²) < 4.78 is 11.5. The number of ether oxygens (including phenoxy) is 2. The summed E-state index contributed by atoms with van der Waals surface area (Å²) in [4.78, 5) is 23.4. The fourth-order valence-electron chi connectivity index (χ4n) is 1.89. The Morgan fingerprint density at radius 3 is 2.71 bits per heavy atom. The zero-order chi connectivity index (χ0) is 17.4. The Hall–Kier alpha value is -3.10. The zero-order valence-corrected chi connectivity index (χ0v) is 13.5. The summed E-state index contributed by atoms with van der Waals surface area (Å²) in [5.74, 6) is 0.502. The second kappa shape index (κ2) is 8.51. The lowest BCUT2D eigenvalue weighted by Crippen LogP contribution is -2.19. The highest BCUT2D eigenvalue weighted by atomic mass is 16.5. The number of amides is 2. The molecule has 2 rings (SSSR count). The highest BCUT2D eigenvalue weighted by Crippen LogP contribution is 2.23. The summed E-state index contributed by atoms with van der Waals surface area (Å²) >= 11 is 0. The molecule has 0 fully saturated rings. The number of hydrogen-bond acceptors (Lipinski definition) is 6. The predicted molar refractivity (Wildman–Crippen MR) is 86.9 cm³/mol. The molecule has 128 valence electrons. The van der Waals surface area contributed by atoms with Crippen molar-refractivity contribution in [2.24, 2.45) is 0 Å². The van der Waals surface area contributed by atoms with E-state index in [0.717, 1.165) is 0 Å². The number of hydrogen-bond donors (Lipinski definition) is 2. The highest BCUT2D eigenvalue weighted by Gasteiger charge is 2.11. The van der Waals surface area contributed by atoms with Crippen LogP contribution in [0, 0.1) is 0 Å². The molecule has 0 aliphatic rings. The third kappa shape index (κ3) is 4.97. The fraction of sp³-hybridized carbons (Fsp3) is 0.333. The smallest absolute Gasteiger partial charge is 0.412 e. The van der Waals surface area contributed by atoms with Crippen LogP contribution in [-0.4, -0.2) is 40.2 Å². The summed E-state index contributed by atoms with van der Waals surface area (Å²) in [7, 11) is 0. The van der Waals surface area contributed by atoms with Gasteiger partial charge >= 0.3 is 6.09 Å². The third-order valence-corrected chi connectivity index (χ3v) is 2.81. The second-order valence-electron chi connectivity index (χ2n) is 4.62. The largest absolute Gasteiger partial charge is 0.492 e. The molecule has 9 nitrogen and oxygen atoms in total. The first-order valence-electron chi connectivity index (χ1n) is 7.48. The molecule has 24 heavy (non-hydrogen) atoms. The Morgan fingerprint density at radius 2 is 1.96 bits per heavy atom. The van der Waals surface area contributed by atoms with Crippen LogP contribution in [0.25, 0.3) is 0 Å². The van der Waals surface area contributed by atoms with Gasteiger partial charge in [-0.15, -0.1) is 5.10 Å². The number of para-hydroxylation sites is 2. The van der Waals surface area contributed by atoms with Gasteiger partial charge in [-0.3, -0.25) is 10.1 Å². The molecule has 0 aliphatic carbocycles. The summed E-state index contributed by atoms with van der Waals surface area (Å²) in [5, 5.41) is 12.7. The van der Waals surface area contributed by atoms with Gasteiger partial charge in [-0.2, -0.15) is 0 Å². The Morgan fingerprint density at radius 1 is 1.17 bits per heavy atom. The maximum atomic E-state index is 12.1. The van der Waals surface area contributed by atoms with Gasteiger partial charge in [0.2, 0.25) is 5.91 Å². The quantitative estimate of drug-likeness (QED) is 0.801. The van der Waals surface area contributed by atoms with Crippen LogP contribution in [0.15, 0.2) is 30.5 Å². The molecule has 2 amide bonds. The fourth-order valence-corrected chi connectivity index (χ4v) is 1.89. The van der Waals surface area contributed by atoms with E-state index >= 15 is 0 Å². The minimum Gasteiger partial charge on any atom is -0.492 e. The van der Waals surface area contributed by atoms with Crippen molar-refractivity contribution in [3.05, 3.63) is 30.5 Å². The molecule has 1 aromatic heterocycles. The van der Waals surface area contributed by atoms with E-state index in [0.29, 0.717) is 18.0 Å². The van der Waals surface area contributed by atoms with Gasteiger partial charge in [0.05, 0.1) is 25.1 Å². The van der Waals surface area contributed by atoms with Crippen LogP contribution in [0.5, 0.6) is 5.75 Å². The molecule has 0 bridgehead atoms. The molecule has 2 N–H and O–H groups in total. The van der Waals surface area contributed by atoms with Crippen molar-refractivity contribution < 1.29 is 19.1 Å². The zero-order valence-electron chi connectivity index (χ0n) is 13.5. The molecular formula is C15H19N5O4. The van der Waals surface area contributed by atoms with Crippen LogP contribution < -0.4 is 15.4 Å². The van der Waals surface area contributed by atoms with Gasteiger partial charge in [0.1, 0.15) is 12.3 Å². The topological polar surface area (TPSA) is 107 Å². The van der Waals surface area contributed by atoms with Crippen molar-refractivity contribution in [3.8, 4) is 5.75 Å². The number of nitrogens with zero attached hydrogens (tertiary/aromatic N) is 3. The number of nitrogens with one attached hydrogen (secondary N) is 2. The maximum Gasteiger partial charge on any atom is 0.412 e. The van der Waals surface area contributed by atoms with Crippen molar-refractivity contribution >= 4 is 23.5 Å². The van der Waals surface area contributed by atoms with Crippen molar-refractivity contribution in [1.82, 2.24) is 15.0 Å². The van der Waals surface area contributed by atoms with Crippen molar-refractivity contribution in [1.29, 1.82) is 0 Å². The number of carbonyl (C=O) groups is 2. The third-order valence-electron chi connectivity index (χ3n) is 2.81. The summed E-state index contributed by atoms with van der Waals surface area (Å²) in [5.41, 5.74) is 0.578. The van der Waals surface area contributed by atoms with E-state index in [1.165, 1.54) is 10.9 Å². The average Bonchev–Trinajstić information content (AvgIpc) is 2.96. The number of rotatable bonds is 7. The van der Waals surface area contributed by atoms with Gasteiger partial charge in [-0.25, -0.2) is 9.48 Å². The predicted octanol–water partition coefficient (Wildman–Crippen LogP) is 1.88.